The molecule has 0 spiro atoms. The Kier molecular flexibility index (Phi) is 8.19. The Bertz CT molecular complexity index is 1400. The van der Waals surface area contributed by atoms with Crippen molar-refractivity contribution in [2.45, 2.75) is 33.2 Å². The second kappa shape index (κ2) is 11.1. The van der Waals surface area contributed by atoms with Gasteiger partial charge in [0, 0.05) is 32.2 Å². The molecule has 1 aromatic carbocycles. The molecule has 0 saturated carbocycles. The summed E-state index contributed by atoms with van der Waals surface area (Å²) >= 11 is 0. The van der Waals surface area contributed by atoms with E-state index in [2.05, 4.69) is 18.1 Å². The van der Waals surface area contributed by atoms with E-state index in [1.165, 1.54) is 22.9 Å². The van der Waals surface area contributed by atoms with Gasteiger partial charge in [0.2, 0.25) is 0 Å². The first kappa shape index (κ1) is 25.8. The molecule has 0 unspecified atom stereocenters. The van der Waals surface area contributed by atoms with Gasteiger partial charge in [0.25, 0.3) is 5.56 Å². The number of hydrogen-bond acceptors (Lipinski definition) is 5. The number of ether oxygens (including phenoxy) is 1. The number of aryl methyl sites for hydroxylation is 1. The summed E-state index contributed by atoms with van der Waals surface area (Å²) in [5, 5.41) is 9.47. The van der Waals surface area contributed by atoms with E-state index in [1.54, 1.807) is 31.3 Å². The molecule has 0 saturated heterocycles. The minimum Gasteiger partial charge on any atom is -0.455 e. The predicted octanol–water partition coefficient (Wildman–Crippen LogP) is 3.87. The summed E-state index contributed by atoms with van der Waals surface area (Å²) in [5.74, 6) is 0.512. The highest BCUT2D eigenvalue weighted by atomic mass is 19.1. The normalized spacial score (nSPS) is 11.8. The molecule has 0 bridgehead atoms. The molecular weight excluding hydrogens is 449 g/mol. The number of benzene rings is 1. The van der Waals surface area contributed by atoms with Crippen molar-refractivity contribution in [2.24, 2.45) is 13.0 Å². The number of hydrogen-bond donors (Lipinski definition) is 1. The van der Waals surface area contributed by atoms with Crippen LogP contribution in [0.5, 0.6) is 5.75 Å². The molecule has 2 heterocycles. The number of allylic oxidation sites excluding steroid dienone is 3. The smallest absolute Gasteiger partial charge is 0.332 e. The minimum absolute atomic E-state index is 0.0603. The second-order valence-electron chi connectivity index (χ2n) is 8.53. The average molecular weight is 480 g/mol. The molecule has 7 nitrogen and oxygen atoms in total. The average Bonchev–Trinajstić information content (AvgIpc) is 2.83. The first-order chi connectivity index (χ1) is 16.7. The van der Waals surface area contributed by atoms with Crippen LogP contribution in [0.1, 0.15) is 31.4 Å². The van der Waals surface area contributed by atoms with E-state index in [-0.39, 0.29) is 48.8 Å². The lowest BCUT2D eigenvalue weighted by Crippen LogP contribution is -2.40. The number of rotatable bonds is 10. The molecule has 0 radical (unpaired) electrons. The van der Waals surface area contributed by atoms with Crippen LogP contribution in [0.15, 0.2) is 76.7 Å². The van der Waals surface area contributed by atoms with Gasteiger partial charge in [-0.25, -0.2) is 14.2 Å². The van der Waals surface area contributed by atoms with Gasteiger partial charge >= 0.3 is 5.69 Å². The van der Waals surface area contributed by atoms with Crippen LogP contribution in [0, 0.1) is 11.7 Å². The number of aromatic nitrogens is 3. The van der Waals surface area contributed by atoms with Gasteiger partial charge in [-0.3, -0.25) is 13.9 Å². The highest BCUT2D eigenvalue weighted by Gasteiger charge is 2.21. The molecule has 184 valence electrons. The quantitative estimate of drug-likeness (QED) is 0.352. The summed E-state index contributed by atoms with van der Waals surface area (Å²) in [7, 11) is 1.54. The zero-order valence-corrected chi connectivity index (χ0v) is 20.3. The lowest BCUT2D eigenvalue weighted by atomic mass is 10.0. The molecule has 1 N–H and O–H groups in total. The molecular formula is C27H30FN3O4. The van der Waals surface area contributed by atoms with Crippen molar-refractivity contribution in [1.29, 1.82) is 0 Å². The lowest BCUT2D eigenvalue weighted by molar-refractivity contribution is 0.277. The Labute approximate surface area is 203 Å². The van der Waals surface area contributed by atoms with Gasteiger partial charge in [0.1, 0.15) is 23.0 Å². The fourth-order valence-electron chi connectivity index (χ4n) is 3.71. The molecule has 8 heteroatoms. The molecule has 0 aliphatic rings. The van der Waals surface area contributed by atoms with Gasteiger partial charge in [-0.15, -0.1) is 0 Å². The minimum atomic E-state index is -0.524. The highest BCUT2D eigenvalue weighted by Crippen LogP contribution is 2.30. The number of aliphatic hydroxyl groups excluding tert-OH is 1. The molecule has 0 atom stereocenters. The third kappa shape index (κ3) is 5.49. The summed E-state index contributed by atoms with van der Waals surface area (Å²) in [5.41, 5.74) is 1.15. The van der Waals surface area contributed by atoms with E-state index in [9.17, 15) is 19.1 Å². The number of fused-ring (bicyclic) bond motifs is 1. The Balaban J connectivity index is 2.32. The standard InChI is InChI=1S/C27H30FN3O4/c1-6-8-22(18(4)17(2)3)35-23-16-29-25-24(21(23)15-19-9-11-20(28)12-10-19)26(33)31(13-7-14-32)27(34)30(25)5/h6,8-12,16-17,32H,1,4,7,13-15H2,2-3,5H3/b22-8+. The summed E-state index contributed by atoms with van der Waals surface area (Å²) < 4.78 is 22.2. The van der Waals surface area contributed by atoms with Crippen LogP contribution in [0.4, 0.5) is 4.39 Å². The third-order valence-electron chi connectivity index (χ3n) is 5.76. The Morgan fingerprint density at radius 3 is 2.54 bits per heavy atom. The largest absolute Gasteiger partial charge is 0.455 e. The van der Waals surface area contributed by atoms with Crippen molar-refractivity contribution in [3.63, 3.8) is 0 Å². The maximum atomic E-state index is 13.5. The monoisotopic (exact) mass is 479 g/mol. The predicted molar refractivity (Wildman–Crippen MR) is 135 cm³/mol. The van der Waals surface area contributed by atoms with E-state index >= 15 is 0 Å². The zero-order valence-electron chi connectivity index (χ0n) is 20.3. The Morgan fingerprint density at radius 1 is 1.26 bits per heavy atom. The summed E-state index contributed by atoms with van der Waals surface area (Å²) in [6.07, 6.45) is 5.23. The zero-order chi connectivity index (χ0) is 25.7. The van der Waals surface area contributed by atoms with Gasteiger partial charge < -0.3 is 9.84 Å². The fraction of sp³-hybridized carbons (Fsp3) is 0.296. The number of pyridine rings is 1. The van der Waals surface area contributed by atoms with Crippen LogP contribution in [0.2, 0.25) is 0 Å². The molecule has 35 heavy (non-hydrogen) atoms. The fourth-order valence-corrected chi connectivity index (χ4v) is 3.71. The number of aliphatic hydroxyl groups is 1. The van der Waals surface area contributed by atoms with Crippen LogP contribution in [0.25, 0.3) is 11.0 Å². The molecule has 0 fully saturated rings. The molecule has 0 aliphatic carbocycles. The second-order valence-corrected chi connectivity index (χ2v) is 8.53. The Hall–Kier alpha value is -3.78. The van der Waals surface area contributed by atoms with Crippen LogP contribution < -0.4 is 16.0 Å². The SMILES string of the molecule is C=C/C=C(/Oc1cnc2c(c1Cc1ccc(F)cc1)c(=O)n(CCCO)c(=O)n2C)C(=C)C(C)C. The van der Waals surface area contributed by atoms with Crippen molar-refractivity contribution < 1.29 is 14.2 Å². The van der Waals surface area contributed by atoms with E-state index < -0.39 is 11.2 Å². The van der Waals surface area contributed by atoms with Crippen LogP contribution in [-0.2, 0) is 20.0 Å². The molecule has 3 aromatic rings. The first-order valence-electron chi connectivity index (χ1n) is 11.4. The Morgan fingerprint density at radius 2 is 1.94 bits per heavy atom. The molecule has 0 aliphatic heterocycles. The molecule has 3 rings (SSSR count). The van der Waals surface area contributed by atoms with E-state index in [0.29, 0.717) is 17.1 Å². The van der Waals surface area contributed by atoms with Crippen LogP contribution >= 0.6 is 0 Å². The third-order valence-corrected chi connectivity index (χ3v) is 5.76. The van der Waals surface area contributed by atoms with Gasteiger partial charge in [0.05, 0.1) is 11.6 Å². The summed E-state index contributed by atoms with van der Waals surface area (Å²) in [6, 6.07) is 5.95. The number of halogens is 1. The van der Waals surface area contributed by atoms with E-state index in [1.807, 2.05) is 13.8 Å². The summed E-state index contributed by atoms with van der Waals surface area (Å²) in [4.78, 5) is 30.8. The maximum absolute atomic E-state index is 13.5. The van der Waals surface area contributed by atoms with Crippen LogP contribution in [-0.4, -0.2) is 25.8 Å². The summed E-state index contributed by atoms with van der Waals surface area (Å²) in [6.45, 7) is 11.7. The van der Waals surface area contributed by atoms with Crippen molar-refractivity contribution in [2.75, 3.05) is 6.61 Å². The molecule has 2 aromatic heterocycles. The first-order valence-corrected chi connectivity index (χ1v) is 11.4. The van der Waals surface area contributed by atoms with Crippen molar-refractivity contribution in [3.8, 4) is 5.75 Å². The maximum Gasteiger partial charge on any atom is 0.332 e. The lowest BCUT2D eigenvalue weighted by Gasteiger charge is -2.19. The van der Waals surface area contributed by atoms with Crippen molar-refractivity contribution in [3.05, 3.63) is 105 Å². The van der Waals surface area contributed by atoms with Crippen LogP contribution in [0.3, 0.4) is 0 Å². The van der Waals surface area contributed by atoms with E-state index in [4.69, 9.17) is 4.74 Å². The molecule has 0 amide bonds. The van der Waals surface area contributed by atoms with E-state index in [0.717, 1.165) is 15.7 Å². The van der Waals surface area contributed by atoms with Gasteiger partial charge in [-0.2, -0.15) is 0 Å². The van der Waals surface area contributed by atoms with Crippen molar-refractivity contribution >= 4 is 11.0 Å². The van der Waals surface area contributed by atoms with Crippen molar-refractivity contribution in [1.82, 2.24) is 14.1 Å². The van der Waals surface area contributed by atoms with Gasteiger partial charge in [-0.05, 0) is 41.7 Å². The van der Waals surface area contributed by atoms with Gasteiger partial charge in [0.15, 0.2) is 0 Å². The number of nitrogens with zero attached hydrogens (tertiary/aromatic N) is 3. The van der Waals surface area contributed by atoms with Gasteiger partial charge in [-0.1, -0.05) is 45.2 Å². The highest BCUT2D eigenvalue weighted by molar-refractivity contribution is 5.81. The topological polar surface area (TPSA) is 86.3 Å².